The predicted molar refractivity (Wildman–Crippen MR) is 160 cm³/mol. The van der Waals surface area contributed by atoms with Crippen LogP contribution >= 0.6 is 59.1 Å². The highest BCUT2D eigenvalue weighted by molar-refractivity contribution is 9.11. The van der Waals surface area contributed by atoms with Crippen molar-refractivity contribution in [3.05, 3.63) is 92.3 Å². The number of ether oxygens (including phenoxy) is 1. The number of aromatic nitrogens is 2. The minimum Gasteiger partial charge on any atom is -0.478 e. The van der Waals surface area contributed by atoms with Crippen molar-refractivity contribution in [1.29, 1.82) is 0 Å². The van der Waals surface area contributed by atoms with Gasteiger partial charge in [-0.1, -0.05) is 42.5 Å². The predicted octanol–water partition coefficient (Wildman–Crippen LogP) is 8.96. The first-order valence-corrected chi connectivity index (χ1v) is 14.5. The minimum absolute atomic E-state index is 0.137. The Balaban J connectivity index is 1.54. The summed E-state index contributed by atoms with van der Waals surface area (Å²) in [5.41, 5.74) is 2.72. The van der Waals surface area contributed by atoms with Crippen LogP contribution in [0, 0.1) is 0 Å². The average molecular weight is 701 g/mol. The number of carbonyl (C=O) groups is 1. The summed E-state index contributed by atoms with van der Waals surface area (Å²) in [6, 6.07) is 20.8. The molecule has 5 nitrogen and oxygen atoms in total. The first-order chi connectivity index (χ1) is 17.9. The SMILES string of the molecule is O=C(O)[C@@H](Cc1c[nH]cn1)Oc1c(Br)cc(-c2c3ccccc3c(Br)c3sc4ccccc4c23)cc1Br. The van der Waals surface area contributed by atoms with E-state index in [1.165, 1.54) is 26.5 Å². The molecule has 2 N–H and O–H groups in total. The maximum absolute atomic E-state index is 12.0. The lowest BCUT2D eigenvalue weighted by atomic mass is 9.93. The van der Waals surface area contributed by atoms with Crippen LogP contribution in [0.3, 0.4) is 0 Å². The number of rotatable bonds is 6. The van der Waals surface area contributed by atoms with Crippen molar-refractivity contribution in [2.45, 2.75) is 12.5 Å². The third-order valence-corrected chi connectivity index (χ3v) is 9.70. The molecule has 6 aromatic rings. The van der Waals surface area contributed by atoms with E-state index in [1.54, 1.807) is 17.5 Å². The molecule has 0 unspecified atom stereocenters. The zero-order valence-corrected chi connectivity index (χ0v) is 24.5. The Morgan fingerprint density at radius 3 is 2.35 bits per heavy atom. The summed E-state index contributed by atoms with van der Waals surface area (Å²) in [6.07, 6.45) is 2.23. The van der Waals surface area contributed by atoms with E-state index >= 15 is 0 Å². The molecular formula is C28H17Br3N2O3S. The van der Waals surface area contributed by atoms with Gasteiger partial charge in [0.25, 0.3) is 0 Å². The summed E-state index contributed by atoms with van der Waals surface area (Å²) in [4.78, 5) is 19.0. The normalized spacial score (nSPS) is 12.4. The Hall–Kier alpha value is -2.72. The second kappa shape index (κ2) is 9.87. The van der Waals surface area contributed by atoms with E-state index in [-0.39, 0.29) is 6.42 Å². The monoisotopic (exact) mass is 698 g/mol. The van der Waals surface area contributed by atoms with Gasteiger partial charge in [-0.05, 0) is 87.9 Å². The smallest absolute Gasteiger partial charge is 0.345 e. The van der Waals surface area contributed by atoms with Gasteiger partial charge in [0.1, 0.15) is 5.75 Å². The Labute approximate surface area is 240 Å². The van der Waals surface area contributed by atoms with E-state index in [1.807, 2.05) is 24.3 Å². The molecule has 184 valence electrons. The molecule has 4 aromatic carbocycles. The summed E-state index contributed by atoms with van der Waals surface area (Å²) in [7, 11) is 0. The van der Waals surface area contributed by atoms with Crippen LogP contribution in [-0.2, 0) is 11.2 Å². The van der Waals surface area contributed by atoms with Crippen molar-refractivity contribution >= 4 is 96.0 Å². The lowest BCUT2D eigenvalue weighted by Crippen LogP contribution is -2.29. The van der Waals surface area contributed by atoms with E-state index in [0.29, 0.717) is 20.4 Å². The van der Waals surface area contributed by atoms with Gasteiger partial charge in [0.2, 0.25) is 6.10 Å². The van der Waals surface area contributed by atoms with Crippen LogP contribution in [0.2, 0.25) is 0 Å². The van der Waals surface area contributed by atoms with Crippen LogP contribution in [0.25, 0.3) is 42.1 Å². The van der Waals surface area contributed by atoms with Gasteiger partial charge in [-0.2, -0.15) is 0 Å². The number of carboxylic acid groups (broad SMARTS) is 1. The minimum atomic E-state index is -1.09. The molecule has 0 amide bonds. The lowest BCUT2D eigenvalue weighted by molar-refractivity contribution is -0.145. The van der Waals surface area contributed by atoms with E-state index < -0.39 is 12.1 Å². The number of H-pyrrole nitrogens is 1. The van der Waals surface area contributed by atoms with Crippen LogP contribution in [0.1, 0.15) is 5.69 Å². The Morgan fingerprint density at radius 1 is 1.00 bits per heavy atom. The fourth-order valence-corrected chi connectivity index (χ4v) is 7.95. The van der Waals surface area contributed by atoms with Crippen molar-refractivity contribution in [2.75, 3.05) is 0 Å². The highest BCUT2D eigenvalue weighted by Crippen LogP contribution is 2.50. The molecule has 0 fully saturated rings. The number of nitrogens with zero attached hydrogens (tertiary/aromatic N) is 1. The summed E-state index contributed by atoms with van der Waals surface area (Å²) in [5.74, 6) is -0.629. The van der Waals surface area contributed by atoms with Gasteiger partial charge < -0.3 is 14.8 Å². The van der Waals surface area contributed by atoms with E-state index in [0.717, 1.165) is 26.4 Å². The molecule has 0 aliphatic carbocycles. The molecule has 0 radical (unpaired) electrons. The molecule has 0 bridgehead atoms. The molecule has 0 aliphatic rings. The largest absolute Gasteiger partial charge is 0.478 e. The maximum atomic E-state index is 12.0. The molecule has 1 atom stereocenters. The number of aliphatic carboxylic acids is 1. The molecule has 9 heteroatoms. The zero-order chi connectivity index (χ0) is 25.7. The molecule has 0 spiro atoms. The molecule has 37 heavy (non-hydrogen) atoms. The number of benzene rings is 4. The van der Waals surface area contributed by atoms with Gasteiger partial charge in [-0.25, -0.2) is 9.78 Å². The molecule has 0 saturated heterocycles. The second-order valence-electron chi connectivity index (χ2n) is 8.52. The maximum Gasteiger partial charge on any atom is 0.345 e. The highest BCUT2D eigenvalue weighted by Gasteiger charge is 2.25. The van der Waals surface area contributed by atoms with Crippen molar-refractivity contribution in [3.63, 3.8) is 0 Å². The Morgan fingerprint density at radius 2 is 1.68 bits per heavy atom. The Kier molecular flexibility index (Phi) is 6.56. The van der Waals surface area contributed by atoms with Gasteiger partial charge in [0.05, 0.1) is 25.7 Å². The number of hydrogen-bond donors (Lipinski definition) is 2. The average Bonchev–Trinajstić information content (AvgIpc) is 3.54. The topological polar surface area (TPSA) is 75.2 Å². The van der Waals surface area contributed by atoms with Crippen LogP contribution in [-0.4, -0.2) is 27.1 Å². The molecule has 2 heterocycles. The highest BCUT2D eigenvalue weighted by atomic mass is 79.9. The van der Waals surface area contributed by atoms with Crippen LogP contribution < -0.4 is 4.74 Å². The number of halogens is 3. The number of fused-ring (bicyclic) bond motifs is 4. The fraction of sp³-hybridized carbons (Fsp3) is 0.0714. The molecule has 2 aromatic heterocycles. The zero-order valence-electron chi connectivity index (χ0n) is 19.0. The third kappa shape index (κ3) is 4.37. The molecule has 0 aliphatic heterocycles. The first-order valence-electron chi connectivity index (χ1n) is 11.3. The number of hydrogen-bond acceptors (Lipinski definition) is 4. The number of carboxylic acids is 1. The molecule has 0 saturated carbocycles. The lowest BCUT2D eigenvalue weighted by Gasteiger charge is -2.19. The standard InChI is InChI=1S/C28H17Br3N2O3S/c29-19-9-14(10-20(30)26(19)36-21(28(34)35)11-15-12-32-13-33-15)23-16-5-1-2-6-17(16)25(31)27-24(23)18-7-3-4-8-22(18)37-27/h1-10,12-13,21H,11H2,(H,32,33)(H,34,35)/t21-/m1/s1. The van der Waals surface area contributed by atoms with E-state index in [9.17, 15) is 9.90 Å². The van der Waals surface area contributed by atoms with Gasteiger partial charge in [0, 0.05) is 32.6 Å². The van der Waals surface area contributed by atoms with E-state index in [2.05, 4.69) is 94.2 Å². The van der Waals surface area contributed by atoms with Crippen LogP contribution in [0.4, 0.5) is 0 Å². The number of nitrogens with one attached hydrogen (secondary N) is 1. The van der Waals surface area contributed by atoms with Gasteiger partial charge >= 0.3 is 5.97 Å². The number of thiophene rings is 1. The van der Waals surface area contributed by atoms with Crippen molar-refractivity contribution in [2.24, 2.45) is 0 Å². The summed E-state index contributed by atoms with van der Waals surface area (Å²) < 4.78 is 10.8. The summed E-state index contributed by atoms with van der Waals surface area (Å²) >= 11 is 13.0. The fourth-order valence-electron chi connectivity index (χ4n) is 4.63. The van der Waals surface area contributed by atoms with Crippen molar-refractivity contribution in [1.82, 2.24) is 9.97 Å². The van der Waals surface area contributed by atoms with E-state index in [4.69, 9.17) is 4.74 Å². The van der Waals surface area contributed by atoms with Crippen molar-refractivity contribution in [3.8, 4) is 16.9 Å². The molecule has 6 rings (SSSR count). The van der Waals surface area contributed by atoms with Gasteiger partial charge in [-0.3, -0.25) is 0 Å². The molecular weight excluding hydrogens is 684 g/mol. The Bertz CT molecular complexity index is 1790. The van der Waals surface area contributed by atoms with Crippen LogP contribution in [0.5, 0.6) is 5.75 Å². The quantitative estimate of drug-likeness (QED) is 0.182. The van der Waals surface area contributed by atoms with Crippen molar-refractivity contribution < 1.29 is 14.6 Å². The summed E-state index contributed by atoms with van der Waals surface area (Å²) in [6.45, 7) is 0. The first kappa shape index (κ1) is 24.6. The van der Waals surface area contributed by atoms with Gasteiger partial charge in [-0.15, -0.1) is 11.3 Å². The van der Waals surface area contributed by atoms with Crippen LogP contribution in [0.15, 0.2) is 86.6 Å². The third-order valence-electron chi connectivity index (χ3n) is 6.25. The summed E-state index contributed by atoms with van der Waals surface area (Å²) in [5, 5.41) is 14.4. The number of imidazole rings is 1. The number of aromatic amines is 1. The van der Waals surface area contributed by atoms with Gasteiger partial charge in [0.15, 0.2) is 0 Å². The second-order valence-corrected chi connectivity index (χ2v) is 12.1.